The molecule has 9 heteroatoms. The SMILES string of the molecule is CCCCn1c(NC(=O)C=Cc2cccc([N+](=O)[O-])c2)c(C#N)c2nc3ccccc3nc21. The van der Waals surface area contributed by atoms with E-state index >= 15 is 0 Å². The van der Waals surface area contributed by atoms with E-state index in [0.29, 0.717) is 40.1 Å². The van der Waals surface area contributed by atoms with Gasteiger partial charge in [0.15, 0.2) is 5.65 Å². The number of nitro benzene ring substituents is 1. The molecule has 2 aromatic carbocycles. The van der Waals surface area contributed by atoms with E-state index in [0.717, 1.165) is 12.8 Å². The molecule has 0 fully saturated rings. The third-order valence-corrected chi connectivity index (χ3v) is 5.15. The van der Waals surface area contributed by atoms with Gasteiger partial charge in [0.2, 0.25) is 5.91 Å². The number of hydrogen-bond acceptors (Lipinski definition) is 6. The van der Waals surface area contributed by atoms with E-state index in [1.807, 2.05) is 28.8 Å². The topological polar surface area (TPSA) is 127 Å². The second-order valence-electron chi connectivity index (χ2n) is 7.40. The minimum absolute atomic E-state index is 0.0618. The number of amides is 1. The monoisotopic (exact) mass is 440 g/mol. The average molecular weight is 440 g/mol. The highest BCUT2D eigenvalue weighted by atomic mass is 16.6. The van der Waals surface area contributed by atoms with Crippen molar-refractivity contribution in [3.05, 3.63) is 75.8 Å². The van der Waals surface area contributed by atoms with Crippen LogP contribution < -0.4 is 5.32 Å². The van der Waals surface area contributed by atoms with E-state index in [2.05, 4.69) is 23.3 Å². The van der Waals surface area contributed by atoms with Gasteiger partial charge in [-0.1, -0.05) is 37.6 Å². The van der Waals surface area contributed by atoms with Crippen LogP contribution in [0.25, 0.3) is 28.3 Å². The maximum absolute atomic E-state index is 12.7. The Bertz CT molecular complexity index is 1450. The van der Waals surface area contributed by atoms with Crippen LogP contribution in [0.3, 0.4) is 0 Å². The molecule has 0 radical (unpaired) electrons. The fourth-order valence-corrected chi connectivity index (χ4v) is 3.54. The molecule has 2 aromatic heterocycles. The molecule has 0 aliphatic rings. The Labute approximate surface area is 189 Å². The molecular weight excluding hydrogens is 420 g/mol. The number of aromatic nitrogens is 3. The fraction of sp³-hybridized carbons (Fsp3) is 0.167. The molecule has 0 aliphatic carbocycles. The quantitative estimate of drug-likeness (QED) is 0.249. The average Bonchev–Trinajstić information content (AvgIpc) is 3.10. The molecule has 0 bridgehead atoms. The van der Waals surface area contributed by atoms with Crippen LogP contribution in [0, 0.1) is 21.4 Å². The lowest BCUT2D eigenvalue weighted by Gasteiger charge is -2.10. The number of nitro groups is 1. The first kappa shape index (κ1) is 21.6. The van der Waals surface area contributed by atoms with Crippen LogP contribution in [0.2, 0.25) is 0 Å². The molecule has 0 spiro atoms. The number of nitrogens with one attached hydrogen (secondary N) is 1. The molecule has 164 valence electrons. The van der Waals surface area contributed by atoms with Gasteiger partial charge in [-0.05, 0) is 30.2 Å². The summed E-state index contributed by atoms with van der Waals surface area (Å²) in [6.45, 7) is 2.61. The standard InChI is InChI=1S/C24H20N6O3/c1-2-3-13-29-23(28-21(31)12-11-16-7-6-8-17(14-16)30(32)33)18(15-25)22-24(29)27-20-10-5-4-9-19(20)26-22/h4-12,14H,2-3,13H2,1H3,(H,28,31). The molecule has 9 nitrogen and oxygen atoms in total. The Morgan fingerprint density at radius 3 is 2.67 bits per heavy atom. The molecule has 33 heavy (non-hydrogen) atoms. The zero-order valence-corrected chi connectivity index (χ0v) is 17.9. The number of fused-ring (bicyclic) bond motifs is 2. The van der Waals surface area contributed by atoms with Gasteiger partial charge in [-0.2, -0.15) is 5.26 Å². The van der Waals surface area contributed by atoms with Crippen molar-refractivity contribution >= 4 is 45.7 Å². The van der Waals surface area contributed by atoms with Crippen molar-refractivity contribution in [2.24, 2.45) is 0 Å². The van der Waals surface area contributed by atoms with Gasteiger partial charge < -0.3 is 9.88 Å². The smallest absolute Gasteiger partial charge is 0.270 e. The zero-order valence-electron chi connectivity index (χ0n) is 17.9. The normalized spacial score (nSPS) is 11.2. The number of anilines is 1. The van der Waals surface area contributed by atoms with E-state index in [9.17, 15) is 20.2 Å². The number of hydrogen-bond donors (Lipinski definition) is 1. The summed E-state index contributed by atoms with van der Waals surface area (Å²) in [6.07, 6.45) is 4.51. The number of rotatable bonds is 7. The van der Waals surface area contributed by atoms with E-state index in [-0.39, 0.29) is 11.3 Å². The highest BCUT2D eigenvalue weighted by Gasteiger charge is 2.21. The number of aryl methyl sites for hydroxylation is 1. The lowest BCUT2D eigenvalue weighted by Crippen LogP contribution is -2.14. The maximum Gasteiger partial charge on any atom is 0.270 e. The van der Waals surface area contributed by atoms with Crippen LogP contribution in [-0.4, -0.2) is 25.4 Å². The molecule has 0 aliphatic heterocycles. The maximum atomic E-state index is 12.7. The van der Waals surface area contributed by atoms with Crippen molar-refractivity contribution in [3.8, 4) is 6.07 Å². The summed E-state index contributed by atoms with van der Waals surface area (Å²) >= 11 is 0. The molecule has 1 N–H and O–H groups in total. The number of carbonyl (C=O) groups excluding carboxylic acids is 1. The number of non-ortho nitro benzene ring substituents is 1. The van der Waals surface area contributed by atoms with Crippen molar-refractivity contribution in [2.45, 2.75) is 26.3 Å². The Balaban J connectivity index is 1.73. The van der Waals surface area contributed by atoms with E-state index in [1.54, 1.807) is 12.1 Å². The molecule has 0 saturated heterocycles. The molecule has 4 rings (SSSR count). The van der Waals surface area contributed by atoms with Crippen LogP contribution in [0.5, 0.6) is 0 Å². The predicted octanol–water partition coefficient (Wildman–Crippen LogP) is 4.82. The van der Waals surface area contributed by atoms with Crippen molar-refractivity contribution in [1.29, 1.82) is 5.26 Å². The van der Waals surface area contributed by atoms with Gasteiger partial charge in [-0.25, -0.2) is 9.97 Å². The molecule has 2 heterocycles. The summed E-state index contributed by atoms with van der Waals surface area (Å²) in [7, 11) is 0. The van der Waals surface area contributed by atoms with Crippen molar-refractivity contribution in [1.82, 2.24) is 14.5 Å². The van der Waals surface area contributed by atoms with Crippen LogP contribution in [0.15, 0.2) is 54.6 Å². The molecule has 0 saturated carbocycles. The van der Waals surface area contributed by atoms with Crippen molar-refractivity contribution < 1.29 is 9.72 Å². The second-order valence-corrected chi connectivity index (χ2v) is 7.40. The first-order chi connectivity index (χ1) is 16.0. The first-order valence-corrected chi connectivity index (χ1v) is 10.4. The molecule has 4 aromatic rings. The summed E-state index contributed by atoms with van der Waals surface area (Å²) in [5.74, 6) is -0.131. The molecule has 0 unspecified atom stereocenters. The van der Waals surface area contributed by atoms with Crippen molar-refractivity contribution in [2.75, 3.05) is 5.32 Å². The highest BCUT2D eigenvalue weighted by molar-refractivity contribution is 6.05. The van der Waals surface area contributed by atoms with Gasteiger partial charge in [0, 0.05) is 24.8 Å². The number of nitriles is 1. The van der Waals surface area contributed by atoms with Gasteiger partial charge in [0.1, 0.15) is 23.0 Å². The van der Waals surface area contributed by atoms with Crippen molar-refractivity contribution in [3.63, 3.8) is 0 Å². The van der Waals surface area contributed by atoms with E-state index in [1.165, 1.54) is 24.3 Å². The molecule has 1 amide bonds. The van der Waals surface area contributed by atoms with Crippen LogP contribution >= 0.6 is 0 Å². The molecular formula is C24H20N6O3. The van der Waals surface area contributed by atoms with Gasteiger partial charge >= 0.3 is 0 Å². The second kappa shape index (κ2) is 9.28. The van der Waals surface area contributed by atoms with Gasteiger partial charge in [0.05, 0.1) is 16.0 Å². The predicted molar refractivity (Wildman–Crippen MR) is 125 cm³/mol. The van der Waals surface area contributed by atoms with E-state index in [4.69, 9.17) is 4.98 Å². The zero-order chi connectivity index (χ0) is 23.4. The Kier molecular flexibility index (Phi) is 6.09. The van der Waals surface area contributed by atoms with Gasteiger partial charge in [-0.15, -0.1) is 0 Å². The fourth-order valence-electron chi connectivity index (χ4n) is 3.54. The van der Waals surface area contributed by atoms with E-state index < -0.39 is 10.8 Å². The number of para-hydroxylation sites is 2. The Morgan fingerprint density at radius 2 is 1.97 bits per heavy atom. The van der Waals surface area contributed by atoms with Crippen LogP contribution in [0.1, 0.15) is 30.9 Å². The van der Waals surface area contributed by atoms with Gasteiger partial charge in [0.25, 0.3) is 5.69 Å². The van der Waals surface area contributed by atoms with Crippen LogP contribution in [-0.2, 0) is 11.3 Å². The lowest BCUT2D eigenvalue weighted by atomic mass is 10.2. The van der Waals surface area contributed by atoms with Gasteiger partial charge in [-0.3, -0.25) is 14.9 Å². The number of unbranched alkanes of at least 4 members (excludes halogenated alkanes) is 1. The summed E-state index contributed by atoms with van der Waals surface area (Å²) in [6, 6.07) is 15.5. The minimum atomic E-state index is -0.493. The van der Waals surface area contributed by atoms with Crippen LogP contribution in [0.4, 0.5) is 11.5 Å². The number of carbonyl (C=O) groups is 1. The summed E-state index contributed by atoms with van der Waals surface area (Å²) in [5, 5.41) is 23.6. The minimum Gasteiger partial charge on any atom is -0.309 e. The third-order valence-electron chi connectivity index (χ3n) is 5.15. The Hall–Kier alpha value is -4.58. The Morgan fingerprint density at radius 1 is 1.21 bits per heavy atom. The molecule has 0 atom stereocenters. The lowest BCUT2D eigenvalue weighted by molar-refractivity contribution is -0.384. The largest absolute Gasteiger partial charge is 0.309 e. The first-order valence-electron chi connectivity index (χ1n) is 10.4. The third kappa shape index (κ3) is 4.41. The summed E-state index contributed by atoms with van der Waals surface area (Å²) in [5.41, 5.74) is 3.04. The highest BCUT2D eigenvalue weighted by Crippen LogP contribution is 2.29. The number of nitrogens with zero attached hydrogens (tertiary/aromatic N) is 5. The number of benzene rings is 2. The summed E-state index contributed by atoms with van der Waals surface area (Å²) < 4.78 is 1.82. The summed E-state index contributed by atoms with van der Waals surface area (Å²) in [4.78, 5) is 32.5.